The lowest BCUT2D eigenvalue weighted by molar-refractivity contribution is -0.163. The average molecular weight is 390 g/mol. The third-order valence-corrected chi connectivity index (χ3v) is 4.10. The van der Waals surface area contributed by atoms with Crippen molar-refractivity contribution in [2.75, 3.05) is 6.61 Å². The Bertz CT molecular complexity index is 877. The van der Waals surface area contributed by atoms with Crippen molar-refractivity contribution in [1.82, 2.24) is 0 Å². The van der Waals surface area contributed by atoms with Gasteiger partial charge in [-0.25, -0.2) is 4.39 Å². The normalized spacial score (nSPS) is 12.6. The molecule has 0 aliphatic heterocycles. The van der Waals surface area contributed by atoms with Crippen LogP contribution in [0.25, 0.3) is 0 Å². The molecule has 28 heavy (non-hydrogen) atoms. The molecule has 0 radical (unpaired) electrons. The summed E-state index contributed by atoms with van der Waals surface area (Å²) >= 11 is 0. The van der Waals surface area contributed by atoms with Crippen LogP contribution in [0.1, 0.15) is 17.0 Å². The molecule has 0 spiro atoms. The van der Waals surface area contributed by atoms with Gasteiger partial charge < -0.3 is 9.47 Å². The Morgan fingerprint density at radius 2 is 1.46 bits per heavy atom. The van der Waals surface area contributed by atoms with Crippen LogP contribution in [0.15, 0.2) is 78.9 Å². The van der Waals surface area contributed by atoms with Gasteiger partial charge in [-0.15, -0.1) is 0 Å². The summed E-state index contributed by atoms with van der Waals surface area (Å²) < 4.78 is 64.1. The highest BCUT2D eigenvalue weighted by Gasteiger charge is 2.40. The third kappa shape index (κ3) is 5.57. The molecule has 0 amide bonds. The molecule has 1 atom stereocenters. The number of benzene rings is 3. The summed E-state index contributed by atoms with van der Waals surface area (Å²) in [5.74, 6) is -1.18. The molecule has 3 rings (SSSR count). The van der Waals surface area contributed by atoms with E-state index >= 15 is 0 Å². The Hall–Kier alpha value is -2.86. The van der Waals surface area contributed by atoms with E-state index in [0.29, 0.717) is 17.1 Å². The van der Waals surface area contributed by atoms with E-state index in [2.05, 4.69) is 0 Å². The fourth-order valence-electron chi connectivity index (χ4n) is 2.69. The van der Waals surface area contributed by atoms with Crippen molar-refractivity contribution in [3.05, 3.63) is 95.8 Å². The van der Waals surface area contributed by atoms with Crippen LogP contribution in [0.2, 0.25) is 0 Å². The van der Waals surface area contributed by atoms with Gasteiger partial charge in [0.2, 0.25) is 0 Å². The van der Waals surface area contributed by atoms with Gasteiger partial charge in [0.25, 0.3) is 0 Å². The first kappa shape index (κ1) is 19.9. The van der Waals surface area contributed by atoms with E-state index < -0.39 is 24.5 Å². The van der Waals surface area contributed by atoms with Crippen LogP contribution in [0.5, 0.6) is 11.5 Å². The minimum absolute atomic E-state index is 0.000234. The molecule has 1 unspecified atom stereocenters. The largest absolute Gasteiger partial charge is 0.457 e. The van der Waals surface area contributed by atoms with Crippen LogP contribution in [-0.2, 0) is 11.3 Å². The summed E-state index contributed by atoms with van der Waals surface area (Å²) in [5, 5.41) is 0. The summed E-state index contributed by atoms with van der Waals surface area (Å²) in [6.07, 6.45) is -4.49. The molecular weight excluding hydrogens is 372 g/mol. The Balaban J connectivity index is 1.62. The smallest absolute Gasteiger partial charge is 0.397 e. The van der Waals surface area contributed by atoms with Gasteiger partial charge in [0.1, 0.15) is 23.2 Å². The maximum atomic E-state index is 13.3. The van der Waals surface area contributed by atoms with E-state index in [0.717, 1.165) is 24.3 Å². The van der Waals surface area contributed by atoms with Gasteiger partial charge in [0, 0.05) is 0 Å². The molecule has 0 saturated carbocycles. The van der Waals surface area contributed by atoms with Crippen molar-refractivity contribution in [2.45, 2.75) is 18.7 Å². The minimum atomic E-state index is -4.49. The van der Waals surface area contributed by atoms with Crippen molar-refractivity contribution < 1.29 is 27.0 Å². The van der Waals surface area contributed by atoms with E-state index in [1.54, 1.807) is 36.4 Å². The molecule has 3 aromatic carbocycles. The molecule has 3 aromatic rings. The molecule has 0 aliphatic carbocycles. The van der Waals surface area contributed by atoms with Crippen LogP contribution >= 0.6 is 0 Å². The van der Waals surface area contributed by atoms with Gasteiger partial charge in [-0.05, 0) is 47.5 Å². The van der Waals surface area contributed by atoms with Gasteiger partial charge in [0.15, 0.2) is 0 Å². The van der Waals surface area contributed by atoms with Crippen LogP contribution in [0.3, 0.4) is 0 Å². The summed E-state index contributed by atoms with van der Waals surface area (Å²) in [7, 11) is 0. The van der Waals surface area contributed by atoms with Gasteiger partial charge in [0.05, 0.1) is 13.2 Å². The van der Waals surface area contributed by atoms with Crippen LogP contribution in [0.4, 0.5) is 17.6 Å². The molecule has 0 bridgehead atoms. The molecular formula is C22H18F4O2. The fraction of sp³-hybridized carbons (Fsp3) is 0.182. The predicted octanol–water partition coefficient (Wildman–Crippen LogP) is 6.48. The highest BCUT2D eigenvalue weighted by Crippen LogP contribution is 2.35. The standard InChI is InChI=1S/C22H18F4O2/c23-18-11-9-17(10-12-18)21(22(24,25)26)15-27-14-16-5-4-8-20(13-16)28-19-6-2-1-3-7-19/h1-13,21H,14-15H2. The molecule has 0 heterocycles. The van der Waals surface area contributed by atoms with Crippen molar-refractivity contribution in [1.29, 1.82) is 0 Å². The number of hydrogen-bond acceptors (Lipinski definition) is 2. The van der Waals surface area contributed by atoms with Crippen molar-refractivity contribution in [3.63, 3.8) is 0 Å². The number of rotatable bonds is 7. The van der Waals surface area contributed by atoms with E-state index in [4.69, 9.17) is 9.47 Å². The first-order valence-electron chi connectivity index (χ1n) is 8.63. The average Bonchev–Trinajstić information content (AvgIpc) is 2.66. The van der Waals surface area contributed by atoms with E-state index in [1.165, 1.54) is 0 Å². The third-order valence-electron chi connectivity index (χ3n) is 4.10. The zero-order valence-corrected chi connectivity index (χ0v) is 14.8. The molecule has 0 aliphatic rings. The Morgan fingerprint density at radius 3 is 2.14 bits per heavy atom. The minimum Gasteiger partial charge on any atom is -0.457 e. The van der Waals surface area contributed by atoms with Gasteiger partial charge in [-0.2, -0.15) is 13.2 Å². The topological polar surface area (TPSA) is 18.5 Å². The number of para-hydroxylation sites is 1. The van der Waals surface area contributed by atoms with Crippen LogP contribution in [0, 0.1) is 5.82 Å². The summed E-state index contributed by atoms with van der Waals surface area (Å²) in [6.45, 7) is -0.557. The Morgan fingerprint density at radius 1 is 0.786 bits per heavy atom. The second-order valence-corrected chi connectivity index (χ2v) is 6.22. The SMILES string of the molecule is Fc1ccc(C(COCc2cccc(Oc3ccccc3)c2)C(F)(F)F)cc1. The summed E-state index contributed by atoms with van der Waals surface area (Å²) in [5.41, 5.74) is 0.656. The summed E-state index contributed by atoms with van der Waals surface area (Å²) in [4.78, 5) is 0. The molecule has 0 aromatic heterocycles. The zero-order chi connectivity index (χ0) is 20.0. The van der Waals surface area contributed by atoms with Crippen LogP contribution in [-0.4, -0.2) is 12.8 Å². The zero-order valence-electron chi connectivity index (χ0n) is 14.8. The molecule has 0 N–H and O–H groups in total. The number of alkyl halides is 3. The van der Waals surface area contributed by atoms with Crippen molar-refractivity contribution in [2.24, 2.45) is 0 Å². The molecule has 6 heteroatoms. The van der Waals surface area contributed by atoms with E-state index in [9.17, 15) is 17.6 Å². The highest BCUT2D eigenvalue weighted by atomic mass is 19.4. The lowest BCUT2D eigenvalue weighted by Crippen LogP contribution is -2.25. The number of ether oxygens (including phenoxy) is 2. The number of halogens is 4. The highest BCUT2D eigenvalue weighted by molar-refractivity contribution is 5.33. The maximum absolute atomic E-state index is 13.3. The molecule has 0 fully saturated rings. The Labute approximate surface area is 160 Å². The van der Waals surface area contributed by atoms with Crippen molar-refractivity contribution in [3.8, 4) is 11.5 Å². The quantitative estimate of drug-likeness (QED) is 0.430. The lowest BCUT2D eigenvalue weighted by Gasteiger charge is -2.21. The first-order chi connectivity index (χ1) is 13.4. The van der Waals surface area contributed by atoms with Gasteiger partial charge >= 0.3 is 6.18 Å². The molecule has 2 nitrogen and oxygen atoms in total. The molecule has 146 valence electrons. The lowest BCUT2D eigenvalue weighted by atomic mass is 9.99. The predicted molar refractivity (Wildman–Crippen MR) is 97.8 cm³/mol. The Kier molecular flexibility index (Phi) is 6.31. The van der Waals surface area contributed by atoms with E-state index in [1.807, 2.05) is 18.2 Å². The monoisotopic (exact) mass is 390 g/mol. The van der Waals surface area contributed by atoms with Crippen LogP contribution < -0.4 is 4.74 Å². The first-order valence-corrected chi connectivity index (χ1v) is 8.63. The summed E-state index contributed by atoms with van der Waals surface area (Å²) in [6, 6.07) is 20.4. The molecule has 0 saturated heterocycles. The maximum Gasteiger partial charge on any atom is 0.397 e. The van der Waals surface area contributed by atoms with Gasteiger partial charge in [-0.1, -0.05) is 42.5 Å². The second-order valence-electron chi connectivity index (χ2n) is 6.22. The number of hydrogen-bond donors (Lipinski definition) is 0. The van der Waals surface area contributed by atoms with E-state index in [-0.39, 0.29) is 12.2 Å². The van der Waals surface area contributed by atoms with Gasteiger partial charge in [-0.3, -0.25) is 0 Å². The van der Waals surface area contributed by atoms with Crippen molar-refractivity contribution >= 4 is 0 Å². The fourth-order valence-corrected chi connectivity index (χ4v) is 2.69. The second kappa shape index (κ2) is 8.89.